The highest BCUT2D eigenvalue weighted by Gasteiger charge is 2.32. The van der Waals surface area contributed by atoms with Crippen molar-refractivity contribution in [1.82, 2.24) is 9.80 Å². The van der Waals surface area contributed by atoms with Gasteiger partial charge in [0.05, 0.1) is 31.7 Å². The van der Waals surface area contributed by atoms with E-state index in [0.717, 1.165) is 17.7 Å². The maximum absolute atomic E-state index is 13.5. The van der Waals surface area contributed by atoms with Gasteiger partial charge in [0, 0.05) is 42.5 Å². The number of nitrogens with zero attached hydrogens (tertiary/aromatic N) is 2. The Morgan fingerprint density at radius 1 is 1.09 bits per heavy atom. The molecular weight excluding hydrogens is 589 g/mol. The number of amides is 3. The van der Waals surface area contributed by atoms with Crippen LogP contribution in [0.3, 0.4) is 0 Å². The summed E-state index contributed by atoms with van der Waals surface area (Å²) in [5, 5.41) is 15.4. The van der Waals surface area contributed by atoms with Gasteiger partial charge in [-0.05, 0) is 74.1 Å². The third-order valence-corrected chi connectivity index (χ3v) is 7.75. The second kappa shape index (κ2) is 14.7. The molecule has 1 aliphatic heterocycles. The molecular formula is C33H39F3N4O5. The molecule has 9 nitrogen and oxygen atoms in total. The lowest BCUT2D eigenvalue weighted by Crippen LogP contribution is -2.47. The number of anilines is 2. The maximum Gasteiger partial charge on any atom is 0.416 e. The molecule has 3 atom stereocenters. The molecule has 0 saturated heterocycles. The molecule has 242 valence electrons. The summed E-state index contributed by atoms with van der Waals surface area (Å²) < 4.78 is 50.7. The summed E-state index contributed by atoms with van der Waals surface area (Å²) in [7, 11) is 3.41. The molecule has 0 unspecified atom stereocenters. The topological polar surface area (TPSA) is 103 Å². The van der Waals surface area contributed by atoms with Gasteiger partial charge in [-0.25, -0.2) is 4.79 Å². The third kappa shape index (κ3) is 9.11. The number of likely N-dealkylation sites (N-methyl/N-ethyl adjacent to an activating group) is 1. The molecule has 1 heterocycles. The van der Waals surface area contributed by atoms with E-state index < -0.39 is 29.9 Å². The summed E-state index contributed by atoms with van der Waals surface area (Å²) in [6, 6.07) is 16.1. The normalized spacial score (nSPS) is 17.8. The molecule has 0 aromatic heterocycles. The zero-order chi connectivity index (χ0) is 32.7. The number of methoxy groups -OCH3 is 1. The van der Waals surface area contributed by atoms with E-state index in [1.54, 1.807) is 61.4 Å². The van der Waals surface area contributed by atoms with Crippen LogP contribution < -0.4 is 20.1 Å². The van der Waals surface area contributed by atoms with Crippen molar-refractivity contribution in [3.8, 4) is 11.5 Å². The van der Waals surface area contributed by atoms with Gasteiger partial charge < -0.3 is 30.1 Å². The van der Waals surface area contributed by atoms with E-state index >= 15 is 0 Å². The Morgan fingerprint density at radius 2 is 1.73 bits per heavy atom. The molecule has 0 saturated carbocycles. The molecule has 0 spiro atoms. The Balaban J connectivity index is 1.53. The highest BCUT2D eigenvalue weighted by Crippen LogP contribution is 2.31. The predicted octanol–water partition coefficient (Wildman–Crippen LogP) is 5.64. The van der Waals surface area contributed by atoms with Crippen molar-refractivity contribution in [3.05, 3.63) is 83.4 Å². The largest absolute Gasteiger partial charge is 0.497 e. The molecule has 4 rings (SSSR count). The third-order valence-electron chi connectivity index (χ3n) is 7.75. The van der Waals surface area contributed by atoms with E-state index in [4.69, 9.17) is 9.47 Å². The number of ether oxygens (including phenoxy) is 2. The molecule has 1 aliphatic rings. The van der Waals surface area contributed by atoms with Crippen LogP contribution in [0.1, 0.15) is 30.5 Å². The predicted molar refractivity (Wildman–Crippen MR) is 165 cm³/mol. The van der Waals surface area contributed by atoms with Crippen molar-refractivity contribution >= 4 is 23.3 Å². The standard InChI is InChI=1S/C33H39F3N4O5/c1-21-17-40(22(2)20-41)31(42)16-24-15-27(38-32(43)37-26-9-12-28(44-4)13-10-26)11-14-29(24)45-30(21)19-39(3)18-23-5-7-25(8-6-23)33(34,35)36/h5-15,21-22,30,41H,16-20H2,1-4H3,(H2,37,38,43)/t21-,22+,30-/m0/s1. The number of carbonyl (C=O) groups excluding carboxylic acids is 2. The zero-order valence-corrected chi connectivity index (χ0v) is 25.7. The maximum atomic E-state index is 13.5. The molecule has 3 aromatic carbocycles. The van der Waals surface area contributed by atoms with Crippen molar-refractivity contribution in [1.29, 1.82) is 0 Å². The van der Waals surface area contributed by atoms with Crippen molar-refractivity contribution in [2.24, 2.45) is 5.92 Å². The highest BCUT2D eigenvalue weighted by atomic mass is 19.4. The average Bonchev–Trinajstić information content (AvgIpc) is 3.04. The summed E-state index contributed by atoms with van der Waals surface area (Å²) in [5.74, 6) is 0.804. The van der Waals surface area contributed by atoms with E-state index in [-0.39, 0.29) is 24.9 Å². The lowest BCUT2D eigenvalue weighted by Gasteiger charge is -2.34. The average molecular weight is 629 g/mol. The summed E-state index contributed by atoms with van der Waals surface area (Å²) in [6.45, 7) is 4.67. The number of fused-ring (bicyclic) bond motifs is 1. The number of nitrogens with one attached hydrogen (secondary N) is 2. The molecule has 3 N–H and O–H groups in total. The van der Waals surface area contributed by atoms with Gasteiger partial charge in [0.15, 0.2) is 0 Å². The number of halogens is 3. The fraction of sp³-hybridized carbons (Fsp3) is 0.394. The Hall–Kier alpha value is -4.29. The number of alkyl halides is 3. The van der Waals surface area contributed by atoms with Crippen LogP contribution in [0, 0.1) is 5.92 Å². The van der Waals surface area contributed by atoms with Gasteiger partial charge >= 0.3 is 12.2 Å². The van der Waals surface area contributed by atoms with Crippen LogP contribution in [-0.2, 0) is 23.9 Å². The summed E-state index contributed by atoms with van der Waals surface area (Å²) >= 11 is 0. The molecule has 12 heteroatoms. The first-order valence-corrected chi connectivity index (χ1v) is 14.6. The first-order chi connectivity index (χ1) is 21.4. The second-order valence-corrected chi connectivity index (χ2v) is 11.4. The summed E-state index contributed by atoms with van der Waals surface area (Å²) in [5.41, 5.74) is 1.62. The van der Waals surface area contributed by atoms with Gasteiger partial charge in [-0.3, -0.25) is 9.69 Å². The Kier molecular flexibility index (Phi) is 10.9. The van der Waals surface area contributed by atoms with Gasteiger partial charge in [0.2, 0.25) is 5.91 Å². The number of hydrogen-bond donors (Lipinski definition) is 3. The second-order valence-electron chi connectivity index (χ2n) is 11.4. The van der Waals surface area contributed by atoms with Crippen LogP contribution in [0.15, 0.2) is 66.7 Å². The van der Waals surface area contributed by atoms with E-state index in [9.17, 15) is 27.9 Å². The van der Waals surface area contributed by atoms with Crippen LogP contribution in [0.5, 0.6) is 11.5 Å². The van der Waals surface area contributed by atoms with E-state index in [1.165, 1.54) is 12.1 Å². The quantitative estimate of drug-likeness (QED) is 0.284. The SMILES string of the molecule is COc1ccc(NC(=O)Nc2ccc3c(c2)CC(=O)N([C@H](C)CO)C[C@H](C)[C@H](CN(C)Cc2ccc(C(F)(F)F)cc2)O3)cc1. The lowest BCUT2D eigenvalue weighted by molar-refractivity contribution is -0.137. The van der Waals surface area contributed by atoms with Crippen molar-refractivity contribution in [2.75, 3.05) is 44.5 Å². The fourth-order valence-electron chi connectivity index (χ4n) is 5.18. The van der Waals surface area contributed by atoms with Crippen LogP contribution in [-0.4, -0.2) is 72.8 Å². The van der Waals surface area contributed by atoms with E-state index in [0.29, 0.717) is 48.1 Å². The Morgan fingerprint density at radius 3 is 2.36 bits per heavy atom. The minimum Gasteiger partial charge on any atom is -0.497 e. The molecule has 0 radical (unpaired) electrons. The number of aliphatic hydroxyl groups excluding tert-OH is 1. The van der Waals surface area contributed by atoms with Gasteiger partial charge in [-0.1, -0.05) is 19.1 Å². The Labute approximate surface area is 260 Å². The van der Waals surface area contributed by atoms with Gasteiger partial charge in [0.25, 0.3) is 0 Å². The molecule has 3 amide bonds. The van der Waals surface area contributed by atoms with Crippen molar-refractivity contribution in [2.45, 2.75) is 45.1 Å². The molecule has 45 heavy (non-hydrogen) atoms. The Bertz CT molecular complexity index is 1450. The lowest BCUT2D eigenvalue weighted by atomic mass is 10.0. The van der Waals surface area contributed by atoms with E-state index in [1.807, 2.05) is 18.9 Å². The minimum absolute atomic E-state index is 0.00384. The minimum atomic E-state index is -4.40. The molecule has 0 aliphatic carbocycles. The van der Waals surface area contributed by atoms with Crippen molar-refractivity contribution < 1.29 is 37.3 Å². The molecule has 0 fully saturated rings. The fourth-order valence-corrected chi connectivity index (χ4v) is 5.18. The van der Waals surface area contributed by atoms with Gasteiger partial charge in [0.1, 0.15) is 17.6 Å². The monoisotopic (exact) mass is 628 g/mol. The first-order valence-electron chi connectivity index (χ1n) is 14.6. The number of aliphatic hydroxyl groups is 1. The van der Waals surface area contributed by atoms with Crippen LogP contribution >= 0.6 is 0 Å². The van der Waals surface area contributed by atoms with Gasteiger partial charge in [-0.2, -0.15) is 13.2 Å². The summed E-state index contributed by atoms with van der Waals surface area (Å²) in [4.78, 5) is 29.8. The van der Waals surface area contributed by atoms with E-state index in [2.05, 4.69) is 10.6 Å². The van der Waals surface area contributed by atoms with Crippen LogP contribution in [0.2, 0.25) is 0 Å². The number of urea groups is 1. The van der Waals surface area contributed by atoms with Crippen LogP contribution in [0.4, 0.5) is 29.3 Å². The highest BCUT2D eigenvalue weighted by molar-refractivity contribution is 6.00. The first kappa shape index (κ1) is 33.6. The number of benzene rings is 3. The summed E-state index contributed by atoms with van der Waals surface area (Å²) in [6.07, 6.45) is -4.81. The smallest absolute Gasteiger partial charge is 0.416 e. The zero-order valence-electron chi connectivity index (χ0n) is 25.7. The van der Waals surface area contributed by atoms with Crippen molar-refractivity contribution in [3.63, 3.8) is 0 Å². The molecule has 0 bridgehead atoms. The van der Waals surface area contributed by atoms with Gasteiger partial charge in [-0.15, -0.1) is 0 Å². The van der Waals surface area contributed by atoms with Crippen LogP contribution in [0.25, 0.3) is 0 Å². The number of carbonyl (C=O) groups is 2. The molecule has 3 aromatic rings. The number of hydrogen-bond acceptors (Lipinski definition) is 6. The number of rotatable bonds is 9.